The maximum atomic E-state index is 12.6. The fourth-order valence-corrected chi connectivity index (χ4v) is 2.74. The zero-order valence-electron chi connectivity index (χ0n) is 14.3. The Bertz CT molecular complexity index is 526. The molecule has 0 aromatic heterocycles. The molecule has 0 heterocycles. The molecule has 0 aliphatic carbocycles. The second kappa shape index (κ2) is 7.97. The number of rotatable bonds is 7. The number of carboxylic acid groups (broad SMARTS) is 1. The Morgan fingerprint density at radius 2 is 1.68 bits per heavy atom. The number of hydrogen-bond donors (Lipinski definition) is 1. The number of carbonyl (C=O) groups excluding carboxylic acids is 1. The predicted octanol–water partition coefficient (Wildman–Crippen LogP) is 3.11. The Labute approximate surface area is 133 Å². The molecule has 1 amide bonds. The van der Waals surface area contributed by atoms with E-state index in [-0.39, 0.29) is 18.9 Å². The summed E-state index contributed by atoms with van der Waals surface area (Å²) in [7, 11) is 0. The van der Waals surface area contributed by atoms with Crippen LogP contribution in [0, 0.1) is 26.7 Å². The molecule has 4 nitrogen and oxygen atoms in total. The highest BCUT2D eigenvalue weighted by atomic mass is 16.4. The Morgan fingerprint density at radius 1 is 1.14 bits per heavy atom. The van der Waals surface area contributed by atoms with E-state index in [1.807, 2.05) is 34.6 Å². The topological polar surface area (TPSA) is 57.6 Å². The van der Waals surface area contributed by atoms with Crippen LogP contribution in [0.3, 0.4) is 0 Å². The first-order valence-corrected chi connectivity index (χ1v) is 7.77. The van der Waals surface area contributed by atoms with Gasteiger partial charge in [0.2, 0.25) is 5.91 Å². The van der Waals surface area contributed by atoms with Crippen molar-refractivity contribution in [1.29, 1.82) is 0 Å². The summed E-state index contributed by atoms with van der Waals surface area (Å²) in [5, 5.41) is 8.85. The first-order chi connectivity index (χ1) is 10.2. The number of aliphatic carboxylic acids is 1. The van der Waals surface area contributed by atoms with Crippen molar-refractivity contribution in [3.63, 3.8) is 0 Å². The number of carboxylic acids is 1. The highest BCUT2D eigenvalue weighted by Crippen LogP contribution is 2.18. The maximum Gasteiger partial charge on any atom is 0.305 e. The molecule has 1 N–H and O–H groups in total. The zero-order valence-corrected chi connectivity index (χ0v) is 14.3. The van der Waals surface area contributed by atoms with Gasteiger partial charge in [0.25, 0.3) is 0 Å². The molecule has 0 radical (unpaired) electrons. The third-order valence-electron chi connectivity index (χ3n) is 3.70. The van der Waals surface area contributed by atoms with Crippen molar-refractivity contribution in [3.05, 3.63) is 34.4 Å². The summed E-state index contributed by atoms with van der Waals surface area (Å²) in [5.41, 5.74) is 4.48. The molecule has 0 aliphatic rings. The lowest BCUT2D eigenvalue weighted by atomic mass is 9.97. The van der Waals surface area contributed by atoms with Crippen LogP contribution in [0.5, 0.6) is 0 Å². The molecule has 122 valence electrons. The van der Waals surface area contributed by atoms with Crippen LogP contribution in [0.1, 0.15) is 42.5 Å². The average Bonchev–Trinajstić information content (AvgIpc) is 2.37. The Kier molecular flexibility index (Phi) is 6.60. The van der Waals surface area contributed by atoms with E-state index in [1.165, 1.54) is 5.56 Å². The molecule has 1 aromatic carbocycles. The molecule has 4 heteroatoms. The van der Waals surface area contributed by atoms with Gasteiger partial charge in [-0.3, -0.25) is 9.59 Å². The summed E-state index contributed by atoms with van der Waals surface area (Å²) in [6.45, 7) is 11.0. The van der Waals surface area contributed by atoms with Crippen LogP contribution >= 0.6 is 0 Å². The molecule has 22 heavy (non-hydrogen) atoms. The van der Waals surface area contributed by atoms with Crippen LogP contribution in [-0.2, 0) is 16.0 Å². The summed E-state index contributed by atoms with van der Waals surface area (Å²) in [6, 6.07) is 4.17. The number of aryl methyl sites for hydroxylation is 3. The smallest absolute Gasteiger partial charge is 0.305 e. The normalized spacial score (nSPS) is 10.8. The quantitative estimate of drug-likeness (QED) is 0.842. The van der Waals surface area contributed by atoms with Gasteiger partial charge in [-0.05, 0) is 43.4 Å². The minimum atomic E-state index is -0.871. The second-order valence-corrected chi connectivity index (χ2v) is 6.43. The summed E-state index contributed by atoms with van der Waals surface area (Å²) in [4.78, 5) is 25.0. The van der Waals surface area contributed by atoms with Crippen LogP contribution < -0.4 is 0 Å². The average molecular weight is 305 g/mol. The molecule has 1 rings (SSSR count). The lowest BCUT2D eigenvalue weighted by molar-refractivity contribution is -0.138. The Morgan fingerprint density at radius 3 is 2.14 bits per heavy atom. The van der Waals surface area contributed by atoms with Gasteiger partial charge in [-0.2, -0.15) is 0 Å². The van der Waals surface area contributed by atoms with Crippen molar-refractivity contribution >= 4 is 11.9 Å². The number of carbonyl (C=O) groups is 2. The van der Waals surface area contributed by atoms with E-state index < -0.39 is 5.97 Å². The Hall–Kier alpha value is -1.84. The lowest BCUT2D eigenvalue weighted by Gasteiger charge is -2.25. The second-order valence-electron chi connectivity index (χ2n) is 6.43. The fraction of sp³-hybridized carbons (Fsp3) is 0.556. The predicted molar refractivity (Wildman–Crippen MR) is 88.0 cm³/mol. The molecule has 0 saturated carbocycles. The number of hydrogen-bond acceptors (Lipinski definition) is 2. The van der Waals surface area contributed by atoms with E-state index in [2.05, 4.69) is 12.1 Å². The summed E-state index contributed by atoms with van der Waals surface area (Å²) in [6.07, 6.45) is 0.328. The zero-order chi connectivity index (χ0) is 16.9. The van der Waals surface area contributed by atoms with Crippen LogP contribution in [0.15, 0.2) is 12.1 Å². The number of benzene rings is 1. The summed E-state index contributed by atoms with van der Waals surface area (Å²) in [5.74, 6) is -0.549. The summed E-state index contributed by atoms with van der Waals surface area (Å²) < 4.78 is 0. The van der Waals surface area contributed by atoms with Crippen molar-refractivity contribution < 1.29 is 14.7 Å². The molecule has 1 aromatic rings. The van der Waals surface area contributed by atoms with Crippen molar-refractivity contribution in [2.75, 3.05) is 13.1 Å². The van der Waals surface area contributed by atoms with Gasteiger partial charge in [-0.1, -0.05) is 31.5 Å². The molecule has 0 fully saturated rings. The van der Waals surface area contributed by atoms with Gasteiger partial charge in [0.1, 0.15) is 0 Å². The SMILES string of the molecule is Cc1cc(C)c(CC(=O)N(CCC(=O)O)CC(C)C)c(C)c1. The highest BCUT2D eigenvalue weighted by Gasteiger charge is 2.18. The van der Waals surface area contributed by atoms with Crippen molar-refractivity contribution in [2.45, 2.75) is 47.5 Å². The third kappa shape index (κ3) is 5.51. The van der Waals surface area contributed by atoms with E-state index in [1.54, 1.807) is 4.90 Å². The fourth-order valence-electron chi connectivity index (χ4n) is 2.74. The van der Waals surface area contributed by atoms with Gasteiger partial charge in [-0.15, -0.1) is 0 Å². The minimum absolute atomic E-state index is 0.00463. The molecule has 0 saturated heterocycles. The monoisotopic (exact) mass is 305 g/mol. The minimum Gasteiger partial charge on any atom is -0.481 e. The highest BCUT2D eigenvalue weighted by molar-refractivity contribution is 5.80. The van der Waals surface area contributed by atoms with E-state index in [0.29, 0.717) is 18.9 Å². The van der Waals surface area contributed by atoms with Crippen LogP contribution in [-0.4, -0.2) is 35.0 Å². The van der Waals surface area contributed by atoms with Gasteiger partial charge in [-0.25, -0.2) is 0 Å². The molecule has 0 spiro atoms. The van der Waals surface area contributed by atoms with E-state index in [0.717, 1.165) is 16.7 Å². The van der Waals surface area contributed by atoms with Gasteiger partial charge in [0, 0.05) is 13.1 Å². The van der Waals surface area contributed by atoms with Crippen molar-refractivity contribution in [1.82, 2.24) is 4.90 Å². The molecule has 0 atom stereocenters. The van der Waals surface area contributed by atoms with Gasteiger partial charge < -0.3 is 10.0 Å². The number of nitrogens with zero attached hydrogens (tertiary/aromatic N) is 1. The largest absolute Gasteiger partial charge is 0.481 e. The molecular weight excluding hydrogens is 278 g/mol. The molecule has 0 bridgehead atoms. The van der Waals surface area contributed by atoms with E-state index in [4.69, 9.17) is 5.11 Å². The number of amides is 1. The molecular formula is C18H27NO3. The van der Waals surface area contributed by atoms with E-state index >= 15 is 0 Å². The van der Waals surface area contributed by atoms with Gasteiger partial charge in [0.05, 0.1) is 12.8 Å². The molecule has 0 unspecified atom stereocenters. The maximum absolute atomic E-state index is 12.6. The van der Waals surface area contributed by atoms with E-state index in [9.17, 15) is 9.59 Å². The lowest BCUT2D eigenvalue weighted by Crippen LogP contribution is -2.37. The van der Waals surface area contributed by atoms with Gasteiger partial charge in [0.15, 0.2) is 0 Å². The first kappa shape index (κ1) is 18.2. The molecule has 0 aliphatic heterocycles. The summed E-state index contributed by atoms with van der Waals surface area (Å²) >= 11 is 0. The van der Waals surface area contributed by atoms with Crippen molar-refractivity contribution in [2.24, 2.45) is 5.92 Å². The van der Waals surface area contributed by atoms with Crippen LogP contribution in [0.25, 0.3) is 0 Å². The van der Waals surface area contributed by atoms with Crippen molar-refractivity contribution in [3.8, 4) is 0 Å². The third-order valence-corrected chi connectivity index (χ3v) is 3.70. The van der Waals surface area contributed by atoms with Crippen LogP contribution in [0.4, 0.5) is 0 Å². The van der Waals surface area contributed by atoms with Crippen LogP contribution in [0.2, 0.25) is 0 Å². The standard InChI is InChI=1S/C18H27NO3/c1-12(2)11-19(7-6-18(21)22)17(20)10-16-14(4)8-13(3)9-15(16)5/h8-9,12H,6-7,10-11H2,1-5H3,(H,21,22). The Balaban J connectivity index is 2.88. The van der Waals surface area contributed by atoms with Gasteiger partial charge >= 0.3 is 5.97 Å². The first-order valence-electron chi connectivity index (χ1n) is 7.77.